The van der Waals surface area contributed by atoms with Crippen molar-refractivity contribution >= 4 is 0 Å². The van der Waals surface area contributed by atoms with E-state index in [1.54, 1.807) is 0 Å². The Morgan fingerprint density at radius 3 is 2.58 bits per heavy atom. The van der Waals surface area contributed by atoms with Gasteiger partial charge < -0.3 is 10.2 Å². The van der Waals surface area contributed by atoms with E-state index in [0.29, 0.717) is 11.8 Å². The molecule has 0 spiro atoms. The Morgan fingerprint density at radius 2 is 2.08 bits per heavy atom. The van der Waals surface area contributed by atoms with Gasteiger partial charge in [0.2, 0.25) is 0 Å². The lowest BCUT2D eigenvalue weighted by molar-refractivity contribution is 0.0933. The molecule has 0 aromatic carbocycles. The van der Waals surface area contributed by atoms with Gasteiger partial charge in [0.25, 0.3) is 0 Å². The number of aliphatic hydroxyl groups excluding tert-OH is 2. The highest BCUT2D eigenvalue weighted by atomic mass is 16.3. The Kier molecular flexibility index (Phi) is 3.53. The van der Waals surface area contributed by atoms with Crippen molar-refractivity contribution in [1.29, 1.82) is 0 Å². The summed E-state index contributed by atoms with van der Waals surface area (Å²) in [5, 5.41) is 18.8. The molecule has 2 heteroatoms. The molecule has 12 heavy (non-hydrogen) atoms. The second-order valence-electron chi connectivity index (χ2n) is 4.06. The van der Waals surface area contributed by atoms with Gasteiger partial charge in [-0.1, -0.05) is 13.3 Å². The highest BCUT2D eigenvalue weighted by molar-refractivity contribution is 4.84. The fourth-order valence-electron chi connectivity index (χ4n) is 2.46. The van der Waals surface area contributed by atoms with E-state index >= 15 is 0 Å². The Hall–Kier alpha value is -0.0800. The summed E-state index contributed by atoms with van der Waals surface area (Å²) in [7, 11) is 0. The topological polar surface area (TPSA) is 40.5 Å². The smallest absolute Gasteiger partial charge is 0.0571 e. The van der Waals surface area contributed by atoms with Crippen LogP contribution in [-0.4, -0.2) is 22.4 Å². The number of rotatable bonds is 3. The van der Waals surface area contributed by atoms with Gasteiger partial charge in [-0.15, -0.1) is 0 Å². The van der Waals surface area contributed by atoms with Crippen LogP contribution in [-0.2, 0) is 0 Å². The first-order valence-corrected chi connectivity index (χ1v) is 5.01. The fraction of sp³-hybridized carbons (Fsp3) is 1.00. The quantitative estimate of drug-likeness (QED) is 0.678. The van der Waals surface area contributed by atoms with Gasteiger partial charge in [0.15, 0.2) is 0 Å². The molecule has 1 saturated carbocycles. The molecule has 0 heterocycles. The molecule has 0 saturated heterocycles. The first-order valence-electron chi connectivity index (χ1n) is 5.01. The monoisotopic (exact) mass is 172 g/mol. The van der Waals surface area contributed by atoms with Crippen LogP contribution in [0.3, 0.4) is 0 Å². The zero-order chi connectivity index (χ0) is 9.14. The maximum Gasteiger partial charge on any atom is 0.0571 e. The molecule has 0 aliphatic heterocycles. The van der Waals surface area contributed by atoms with Crippen molar-refractivity contribution in [1.82, 2.24) is 0 Å². The van der Waals surface area contributed by atoms with Crippen LogP contribution in [0.25, 0.3) is 0 Å². The average Bonchev–Trinajstić information content (AvgIpc) is 2.30. The van der Waals surface area contributed by atoms with Crippen molar-refractivity contribution in [2.45, 2.75) is 51.7 Å². The van der Waals surface area contributed by atoms with E-state index in [9.17, 15) is 10.2 Å². The zero-order valence-electron chi connectivity index (χ0n) is 8.03. The van der Waals surface area contributed by atoms with E-state index in [4.69, 9.17) is 0 Å². The lowest BCUT2D eigenvalue weighted by Gasteiger charge is -2.21. The normalized spacial score (nSPS) is 38.5. The van der Waals surface area contributed by atoms with Gasteiger partial charge in [-0.05, 0) is 38.0 Å². The largest absolute Gasteiger partial charge is 0.393 e. The van der Waals surface area contributed by atoms with E-state index in [2.05, 4.69) is 6.92 Å². The van der Waals surface area contributed by atoms with Gasteiger partial charge in [0.05, 0.1) is 12.2 Å². The molecule has 0 aromatic heterocycles. The second kappa shape index (κ2) is 4.24. The predicted molar refractivity (Wildman–Crippen MR) is 48.8 cm³/mol. The van der Waals surface area contributed by atoms with Gasteiger partial charge in [-0.3, -0.25) is 0 Å². The first kappa shape index (κ1) is 10.0. The van der Waals surface area contributed by atoms with E-state index in [0.717, 1.165) is 25.7 Å². The van der Waals surface area contributed by atoms with Crippen molar-refractivity contribution in [2.24, 2.45) is 11.8 Å². The molecule has 2 nitrogen and oxygen atoms in total. The summed E-state index contributed by atoms with van der Waals surface area (Å²) in [5.41, 5.74) is 0. The van der Waals surface area contributed by atoms with Crippen LogP contribution in [0.15, 0.2) is 0 Å². The molecule has 0 amide bonds. The summed E-state index contributed by atoms with van der Waals surface area (Å²) >= 11 is 0. The molecule has 4 atom stereocenters. The standard InChI is InChI=1S/C10H20O2/c1-3-9-8(6-7(2)11)4-5-10(9)12/h7-12H,3-6H2,1-2H3. The Labute approximate surface area is 74.6 Å². The minimum absolute atomic E-state index is 0.112. The van der Waals surface area contributed by atoms with Crippen molar-refractivity contribution in [3.8, 4) is 0 Å². The van der Waals surface area contributed by atoms with Crippen molar-refractivity contribution in [3.05, 3.63) is 0 Å². The van der Waals surface area contributed by atoms with Crippen LogP contribution >= 0.6 is 0 Å². The molecular formula is C10H20O2. The third-order valence-corrected chi connectivity index (χ3v) is 3.05. The Balaban J connectivity index is 2.43. The zero-order valence-corrected chi connectivity index (χ0v) is 8.03. The first-order chi connectivity index (χ1) is 5.65. The fourth-order valence-corrected chi connectivity index (χ4v) is 2.46. The van der Waals surface area contributed by atoms with Crippen LogP contribution in [0.2, 0.25) is 0 Å². The average molecular weight is 172 g/mol. The molecule has 0 radical (unpaired) electrons. The molecule has 4 unspecified atom stereocenters. The molecule has 0 bridgehead atoms. The van der Waals surface area contributed by atoms with Crippen LogP contribution in [0.1, 0.15) is 39.5 Å². The predicted octanol–water partition coefficient (Wildman–Crippen LogP) is 1.55. The highest BCUT2D eigenvalue weighted by Crippen LogP contribution is 2.37. The van der Waals surface area contributed by atoms with Crippen molar-refractivity contribution in [3.63, 3.8) is 0 Å². The van der Waals surface area contributed by atoms with Crippen LogP contribution in [0.5, 0.6) is 0 Å². The third kappa shape index (κ3) is 2.20. The Morgan fingerprint density at radius 1 is 1.42 bits per heavy atom. The maximum absolute atomic E-state index is 9.59. The van der Waals surface area contributed by atoms with Gasteiger partial charge in [-0.2, -0.15) is 0 Å². The van der Waals surface area contributed by atoms with Crippen LogP contribution < -0.4 is 0 Å². The Bertz CT molecular complexity index is 134. The number of aliphatic hydroxyl groups is 2. The summed E-state index contributed by atoms with van der Waals surface area (Å²) in [6.45, 7) is 3.95. The molecule has 1 fully saturated rings. The summed E-state index contributed by atoms with van der Waals surface area (Å²) in [6.07, 6.45) is 3.59. The molecule has 2 N–H and O–H groups in total. The van der Waals surface area contributed by atoms with Crippen molar-refractivity contribution in [2.75, 3.05) is 0 Å². The minimum atomic E-state index is -0.214. The number of hydrogen-bond donors (Lipinski definition) is 2. The molecule has 1 aliphatic rings. The molecular weight excluding hydrogens is 152 g/mol. The molecule has 72 valence electrons. The minimum Gasteiger partial charge on any atom is -0.393 e. The molecule has 1 rings (SSSR count). The lowest BCUT2D eigenvalue weighted by atomic mass is 9.88. The summed E-state index contributed by atoms with van der Waals surface area (Å²) in [4.78, 5) is 0. The van der Waals surface area contributed by atoms with Gasteiger partial charge in [0.1, 0.15) is 0 Å². The van der Waals surface area contributed by atoms with E-state index in [1.807, 2.05) is 6.92 Å². The maximum atomic E-state index is 9.59. The summed E-state index contributed by atoms with van der Waals surface area (Å²) < 4.78 is 0. The second-order valence-corrected chi connectivity index (χ2v) is 4.06. The SMILES string of the molecule is CCC1C(O)CCC1CC(C)O. The van der Waals surface area contributed by atoms with Gasteiger partial charge >= 0.3 is 0 Å². The van der Waals surface area contributed by atoms with E-state index < -0.39 is 0 Å². The van der Waals surface area contributed by atoms with Crippen LogP contribution in [0.4, 0.5) is 0 Å². The van der Waals surface area contributed by atoms with E-state index in [-0.39, 0.29) is 12.2 Å². The lowest BCUT2D eigenvalue weighted by Crippen LogP contribution is -2.20. The van der Waals surface area contributed by atoms with Crippen molar-refractivity contribution < 1.29 is 10.2 Å². The summed E-state index contributed by atoms with van der Waals surface area (Å²) in [6, 6.07) is 0. The molecule has 0 aromatic rings. The van der Waals surface area contributed by atoms with E-state index in [1.165, 1.54) is 0 Å². The van der Waals surface area contributed by atoms with Gasteiger partial charge in [0, 0.05) is 0 Å². The number of hydrogen-bond acceptors (Lipinski definition) is 2. The third-order valence-electron chi connectivity index (χ3n) is 3.05. The molecule has 1 aliphatic carbocycles. The van der Waals surface area contributed by atoms with Crippen LogP contribution in [0, 0.1) is 11.8 Å². The van der Waals surface area contributed by atoms with Gasteiger partial charge in [-0.25, -0.2) is 0 Å². The highest BCUT2D eigenvalue weighted by Gasteiger charge is 2.33. The summed E-state index contributed by atoms with van der Waals surface area (Å²) in [5.74, 6) is 0.976.